The van der Waals surface area contributed by atoms with E-state index in [1.54, 1.807) is 12.1 Å². The van der Waals surface area contributed by atoms with Gasteiger partial charge in [-0.25, -0.2) is 4.39 Å². The van der Waals surface area contributed by atoms with Gasteiger partial charge in [0.15, 0.2) is 11.6 Å². The number of rotatable bonds is 8. The second-order valence-corrected chi connectivity index (χ2v) is 5.51. The highest BCUT2D eigenvalue weighted by molar-refractivity contribution is 9.10. The maximum absolute atomic E-state index is 13.4. The van der Waals surface area contributed by atoms with E-state index in [1.807, 2.05) is 0 Å². The van der Waals surface area contributed by atoms with E-state index in [1.165, 1.54) is 6.07 Å². The molecule has 0 bridgehead atoms. The van der Waals surface area contributed by atoms with Crippen molar-refractivity contribution in [3.8, 4) is 5.75 Å². The number of halogens is 2. The molecule has 0 radical (unpaired) electrons. The predicted molar refractivity (Wildman–Crippen MR) is 76.6 cm³/mol. The number of nitrogens with one attached hydrogen (secondary N) is 1. The van der Waals surface area contributed by atoms with Gasteiger partial charge in [0, 0.05) is 10.5 Å². The average molecular weight is 318 g/mol. The summed E-state index contributed by atoms with van der Waals surface area (Å²) < 4.78 is 19.5. The summed E-state index contributed by atoms with van der Waals surface area (Å²) in [6.07, 6.45) is 3.18. The Labute approximate surface area is 117 Å². The highest BCUT2D eigenvalue weighted by Crippen LogP contribution is 2.21. The second-order valence-electron chi connectivity index (χ2n) is 4.59. The molecular formula is C14H21BrFNO. The second kappa shape index (κ2) is 8.48. The van der Waals surface area contributed by atoms with Crippen molar-refractivity contribution >= 4 is 15.9 Å². The minimum Gasteiger partial charge on any atom is -0.491 e. The van der Waals surface area contributed by atoms with E-state index >= 15 is 0 Å². The first kappa shape index (κ1) is 15.4. The Bertz CT molecular complexity index is 358. The highest BCUT2D eigenvalue weighted by atomic mass is 79.9. The van der Waals surface area contributed by atoms with E-state index in [9.17, 15) is 4.39 Å². The Balaban J connectivity index is 2.11. The first-order valence-electron chi connectivity index (χ1n) is 6.41. The topological polar surface area (TPSA) is 21.3 Å². The standard InChI is InChI=1S/C14H21BrFNO/c1-11(2)17-8-4-3-5-9-18-14-7-6-12(15)10-13(14)16/h6-7,10-11,17H,3-5,8-9H2,1-2H3. The van der Waals surface area contributed by atoms with Gasteiger partial charge in [0.2, 0.25) is 0 Å². The van der Waals surface area contributed by atoms with Gasteiger partial charge in [0.25, 0.3) is 0 Å². The van der Waals surface area contributed by atoms with Crippen LogP contribution in [-0.2, 0) is 0 Å². The number of benzene rings is 1. The van der Waals surface area contributed by atoms with Crippen molar-refractivity contribution < 1.29 is 9.13 Å². The number of hydrogen-bond donors (Lipinski definition) is 1. The summed E-state index contributed by atoms with van der Waals surface area (Å²) in [5.41, 5.74) is 0. The van der Waals surface area contributed by atoms with Crippen LogP contribution in [0.5, 0.6) is 5.75 Å². The summed E-state index contributed by atoms with van der Waals surface area (Å²) in [7, 11) is 0. The fraction of sp³-hybridized carbons (Fsp3) is 0.571. The van der Waals surface area contributed by atoms with Gasteiger partial charge in [0.1, 0.15) is 0 Å². The number of hydrogen-bond acceptors (Lipinski definition) is 2. The molecule has 102 valence electrons. The van der Waals surface area contributed by atoms with Gasteiger partial charge in [-0.15, -0.1) is 0 Å². The van der Waals surface area contributed by atoms with Crippen molar-refractivity contribution in [2.45, 2.75) is 39.2 Å². The van der Waals surface area contributed by atoms with Crippen molar-refractivity contribution in [3.63, 3.8) is 0 Å². The lowest BCUT2D eigenvalue weighted by molar-refractivity contribution is 0.290. The molecule has 0 aliphatic rings. The summed E-state index contributed by atoms with van der Waals surface area (Å²) >= 11 is 3.22. The molecule has 0 amide bonds. The lowest BCUT2D eigenvalue weighted by atomic mass is 10.2. The van der Waals surface area contributed by atoms with Gasteiger partial charge in [0.05, 0.1) is 6.61 Å². The molecule has 1 aromatic rings. The minimum atomic E-state index is -0.314. The quantitative estimate of drug-likeness (QED) is 0.728. The normalized spacial score (nSPS) is 10.9. The van der Waals surface area contributed by atoms with Crippen LogP contribution in [0.4, 0.5) is 4.39 Å². The highest BCUT2D eigenvalue weighted by Gasteiger charge is 2.03. The predicted octanol–water partition coefficient (Wildman–Crippen LogP) is 4.14. The zero-order valence-corrected chi connectivity index (χ0v) is 12.6. The zero-order chi connectivity index (χ0) is 13.4. The summed E-state index contributed by atoms with van der Waals surface area (Å²) in [6.45, 7) is 5.88. The smallest absolute Gasteiger partial charge is 0.166 e. The molecule has 1 rings (SSSR count). The van der Waals surface area contributed by atoms with Gasteiger partial charge in [-0.3, -0.25) is 0 Å². The largest absolute Gasteiger partial charge is 0.491 e. The molecule has 0 heterocycles. The molecule has 0 fully saturated rings. The third-order valence-corrected chi connectivity index (χ3v) is 3.02. The molecule has 0 saturated carbocycles. The third kappa shape index (κ3) is 6.36. The van der Waals surface area contributed by atoms with Crippen molar-refractivity contribution in [2.75, 3.05) is 13.2 Å². The van der Waals surface area contributed by atoms with Crippen molar-refractivity contribution in [1.82, 2.24) is 5.32 Å². The third-order valence-electron chi connectivity index (χ3n) is 2.53. The van der Waals surface area contributed by atoms with Gasteiger partial charge in [-0.05, 0) is 44.0 Å². The van der Waals surface area contributed by atoms with Gasteiger partial charge in [-0.1, -0.05) is 29.8 Å². The first-order valence-corrected chi connectivity index (χ1v) is 7.20. The SMILES string of the molecule is CC(C)NCCCCCOc1ccc(Br)cc1F. The van der Waals surface area contributed by atoms with Gasteiger partial charge in [-0.2, -0.15) is 0 Å². The van der Waals surface area contributed by atoms with Crippen LogP contribution in [0.25, 0.3) is 0 Å². The Morgan fingerprint density at radius 2 is 2.06 bits per heavy atom. The molecule has 0 aliphatic carbocycles. The summed E-state index contributed by atoms with van der Waals surface area (Å²) in [6, 6.07) is 5.39. The maximum Gasteiger partial charge on any atom is 0.166 e. The van der Waals surface area contributed by atoms with Crippen LogP contribution in [0.2, 0.25) is 0 Å². The van der Waals surface area contributed by atoms with E-state index in [4.69, 9.17) is 4.74 Å². The molecule has 0 atom stereocenters. The van der Waals surface area contributed by atoms with Crippen LogP contribution in [0.3, 0.4) is 0 Å². The Morgan fingerprint density at radius 3 is 2.72 bits per heavy atom. The molecule has 0 spiro atoms. The van der Waals surface area contributed by atoms with E-state index in [-0.39, 0.29) is 5.82 Å². The van der Waals surface area contributed by atoms with Gasteiger partial charge < -0.3 is 10.1 Å². The van der Waals surface area contributed by atoms with Crippen LogP contribution in [0, 0.1) is 5.82 Å². The fourth-order valence-corrected chi connectivity index (χ4v) is 1.90. The summed E-state index contributed by atoms with van der Waals surface area (Å²) in [5, 5.41) is 3.36. The number of unbranched alkanes of at least 4 members (excludes halogenated alkanes) is 2. The first-order chi connectivity index (χ1) is 8.59. The van der Waals surface area contributed by atoms with Crippen molar-refractivity contribution in [1.29, 1.82) is 0 Å². The van der Waals surface area contributed by atoms with Gasteiger partial charge >= 0.3 is 0 Å². The van der Waals surface area contributed by atoms with Crippen molar-refractivity contribution in [3.05, 3.63) is 28.5 Å². The minimum absolute atomic E-state index is 0.314. The Hall–Kier alpha value is -0.610. The van der Waals surface area contributed by atoms with Crippen LogP contribution in [0.15, 0.2) is 22.7 Å². The number of ether oxygens (including phenoxy) is 1. The molecule has 0 aliphatic heterocycles. The molecule has 1 N–H and O–H groups in total. The average Bonchev–Trinajstić information content (AvgIpc) is 2.30. The zero-order valence-electron chi connectivity index (χ0n) is 11.0. The maximum atomic E-state index is 13.4. The van der Waals surface area contributed by atoms with Crippen molar-refractivity contribution in [2.24, 2.45) is 0 Å². The lowest BCUT2D eigenvalue weighted by Gasteiger charge is -2.09. The molecule has 0 aromatic heterocycles. The molecule has 4 heteroatoms. The lowest BCUT2D eigenvalue weighted by Crippen LogP contribution is -2.23. The molecule has 0 unspecified atom stereocenters. The Kier molecular flexibility index (Phi) is 7.28. The molecule has 1 aromatic carbocycles. The van der Waals surface area contributed by atoms with Crippen LogP contribution in [-0.4, -0.2) is 19.2 Å². The van der Waals surface area contributed by atoms with E-state index < -0.39 is 0 Å². The molecule has 2 nitrogen and oxygen atoms in total. The van der Waals surface area contributed by atoms with Crippen LogP contribution in [0.1, 0.15) is 33.1 Å². The van der Waals surface area contributed by atoms with Crippen LogP contribution < -0.4 is 10.1 Å². The Morgan fingerprint density at radius 1 is 1.28 bits per heavy atom. The molecular weight excluding hydrogens is 297 g/mol. The van der Waals surface area contributed by atoms with E-state index in [0.717, 1.165) is 30.3 Å². The van der Waals surface area contributed by atoms with Crippen LogP contribution >= 0.6 is 15.9 Å². The van der Waals surface area contributed by atoms with E-state index in [0.29, 0.717) is 18.4 Å². The molecule has 0 saturated heterocycles. The van der Waals surface area contributed by atoms with E-state index in [2.05, 4.69) is 35.1 Å². The summed E-state index contributed by atoms with van der Waals surface area (Å²) in [5.74, 6) is 0.0179. The monoisotopic (exact) mass is 317 g/mol. The molecule has 18 heavy (non-hydrogen) atoms. The fourth-order valence-electron chi connectivity index (χ4n) is 1.57. The summed E-state index contributed by atoms with van der Waals surface area (Å²) in [4.78, 5) is 0.